The van der Waals surface area contributed by atoms with Crippen LogP contribution in [-0.2, 0) is 10.0 Å². The van der Waals surface area contributed by atoms with Crippen LogP contribution in [0.5, 0.6) is 0 Å². The fraction of sp³-hybridized carbons (Fsp3) is 0.429. The second kappa shape index (κ2) is 6.17. The summed E-state index contributed by atoms with van der Waals surface area (Å²) >= 11 is 3.37. The van der Waals surface area contributed by atoms with Gasteiger partial charge in [-0.2, -0.15) is 4.31 Å². The van der Waals surface area contributed by atoms with E-state index in [4.69, 9.17) is 6.42 Å². The molecular formula is C14H17BrN2O2S. The first-order valence-corrected chi connectivity index (χ1v) is 8.64. The third-order valence-corrected chi connectivity index (χ3v) is 6.17. The second-order valence-electron chi connectivity index (χ2n) is 4.77. The summed E-state index contributed by atoms with van der Waals surface area (Å²) in [5, 5.41) is 0. The van der Waals surface area contributed by atoms with E-state index in [2.05, 4.69) is 26.8 Å². The molecule has 20 heavy (non-hydrogen) atoms. The van der Waals surface area contributed by atoms with Crippen LogP contribution in [0.15, 0.2) is 27.6 Å². The molecule has 0 atom stereocenters. The van der Waals surface area contributed by atoms with Crippen molar-refractivity contribution in [3.63, 3.8) is 0 Å². The number of benzene rings is 1. The van der Waals surface area contributed by atoms with E-state index < -0.39 is 10.0 Å². The lowest BCUT2D eigenvalue weighted by atomic mass is 10.3. The molecule has 0 amide bonds. The van der Waals surface area contributed by atoms with Gasteiger partial charge in [0.2, 0.25) is 10.0 Å². The van der Waals surface area contributed by atoms with E-state index in [1.807, 2.05) is 12.1 Å². The van der Waals surface area contributed by atoms with Gasteiger partial charge in [0.25, 0.3) is 0 Å². The van der Waals surface area contributed by atoms with Gasteiger partial charge in [0, 0.05) is 30.3 Å². The van der Waals surface area contributed by atoms with Crippen LogP contribution < -0.4 is 4.90 Å². The van der Waals surface area contributed by atoms with Gasteiger partial charge in [-0.25, -0.2) is 8.42 Å². The summed E-state index contributed by atoms with van der Waals surface area (Å²) in [6, 6.07) is 5.36. The minimum atomic E-state index is -3.55. The third kappa shape index (κ3) is 3.00. The quantitative estimate of drug-likeness (QED) is 0.777. The van der Waals surface area contributed by atoms with Gasteiger partial charge >= 0.3 is 0 Å². The predicted octanol–water partition coefficient (Wildman–Crippen LogP) is 2.30. The molecule has 0 saturated carbocycles. The number of halogens is 1. The minimum absolute atomic E-state index is 0.0582. The van der Waals surface area contributed by atoms with Crippen molar-refractivity contribution in [2.75, 3.05) is 31.6 Å². The largest absolute Gasteiger partial charge is 0.372 e. The zero-order valence-electron chi connectivity index (χ0n) is 11.3. The van der Waals surface area contributed by atoms with Gasteiger partial charge in [0.15, 0.2) is 0 Å². The van der Waals surface area contributed by atoms with Crippen LogP contribution >= 0.6 is 15.9 Å². The summed E-state index contributed by atoms with van der Waals surface area (Å²) in [5.41, 5.74) is 1.05. The fourth-order valence-corrected chi connectivity index (χ4v) is 4.36. The van der Waals surface area contributed by atoms with E-state index in [0.717, 1.165) is 18.8 Å². The highest BCUT2D eigenvalue weighted by molar-refractivity contribution is 9.10. The SMILES string of the molecule is C#CCN(C)S(=O)(=O)c1ccc(N2CCCC2)cc1Br. The third-order valence-electron chi connectivity index (χ3n) is 3.39. The lowest BCUT2D eigenvalue weighted by molar-refractivity contribution is 0.502. The first-order valence-electron chi connectivity index (χ1n) is 6.41. The Morgan fingerprint density at radius 1 is 1.40 bits per heavy atom. The maximum absolute atomic E-state index is 12.4. The van der Waals surface area contributed by atoms with Gasteiger partial charge in [-0.3, -0.25) is 0 Å². The summed E-state index contributed by atoms with van der Waals surface area (Å²) in [6.07, 6.45) is 7.54. The molecule has 1 saturated heterocycles. The highest BCUT2D eigenvalue weighted by Gasteiger charge is 2.23. The van der Waals surface area contributed by atoms with Crippen LogP contribution in [0.4, 0.5) is 5.69 Å². The van der Waals surface area contributed by atoms with Crippen molar-refractivity contribution in [1.29, 1.82) is 0 Å². The molecule has 4 nitrogen and oxygen atoms in total. The number of hydrogen-bond acceptors (Lipinski definition) is 3. The van der Waals surface area contributed by atoms with Gasteiger partial charge in [0.1, 0.15) is 0 Å². The zero-order chi connectivity index (χ0) is 14.8. The molecule has 0 spiro atoms. The Morgan fingerprint density at radius 2 is 2.05 bits per heavy atom. The van der Waals surface area contributed by atoms with Crippen molar-refractivity contribution in [3.8, 4) is 12.3 Å². The smallest absolute Gasteiger partial charge is 0.244 e. The van der Waals surface area contributed by atoms with Crippen LogP contribution in [0.3, 0.4) is 0 Å². The van der Waals surface area contributed by atoms with Crippen LogP contribution in [0, 0.1) is 12.3 Å². The molecule has 0 radical (unpaired) electrons. The van der Waals surface area contributed by atoms with Crippen molar-refractivity contribution in [2.45, 2.75) is 17.7 Å². The summed E-state index contributed by atoms with van der Waals surface area (Å²) in [7, 11) is -2.06. The molecule has 1 heterocycles. The van der Waals surface area contributed by atoms with Gasteiger partial charge in [-0.15, -0.1) is 6.42 Å². The molecule has 0 aromatic heterocycles. The summed E-state index contributed by atoms with van der Waals surface area (Å²) < 4.78 is 26.5. The molecule has 6 heteroatoms. The van der Waals surface area contributed by atoms with E-state index >= 15 is 0 Å². The van der Waals surface area contributed by atoms with Gasteiger partial charge in [0.05, 0.1) is 11.4 Å². The van der Waals surface area contributed by atoms with Gasteiger partial charge < -0.3 is 4.90 Å². The first kappa shape index (κ1) is 15.4. The van der Waals surface area contributed by atoms with Crippen molar-refractivity contribution >= 4 is 31.6 Å². The van der Waals surface area contributed by atoms with Gasteiger partial charge in [-0.1, -0.05) is 5.92 Å². The molecule has 0 bridgehead atoms. The molecule has 108 valence electrons. The predicted molar refractivity (Wildman–Crippen MR) is 84.2 cm³/mol. The Balaban J connectivity index is 2.32. The Hall–Kier alpha value is -1.03. The fourth-order valence-electron chi connectivity index (χ4n) is 2.25. The van der Waals surface area contributed by atoms with Crippen molar-refractivity contribution < 1.29 is 8.42 Å². The van der Waals surface area contributed by atoms with Crippen molar-refractivity contribution in [2.24, 2.45) is 0 Å². The number of hydrogen-bond donors (Lipinski definition) is 0. The van der Waals surface area contributed by atoms with Gasteiger partial charge in [-0.05, 0) is 47.0 Å². The Kier molecular flexibility index (Phi) is 4.74. The summed E-state index contributed by atoms with van der Waals surface area (Å²) in [6.45, 7) is 2.10. The van der Waals surface area contributed by atoms with E-state index in [-0.39, 0.29) is 11.4 Å². The van der Waals surface area contributed by atoms with Crippen LogP contribution in [0.1, 0.15) is 12.8 Å². The van der Waals surface area contributed by atoms with E-state index in [0.29, 0.717) is 4.47 Å². The Bertz CT molecular complexity index is 631. The molecule has 1 aromatic rings. The minimum Gasteiger partial charge on any atom is -0.372 e. The number of rotatable bonds is 4. The molecule has 0 aliphatic carbocycles. The van der Waals surface area contributed by atoms with Crippen LogP contribution in [0.2, 0.25) is 0 Å². The van der Waals surface area contributed by atoms with Crippen molar-refractivity contribution in [1.82, 2.24) is 4.31 Å². The molecule has 0 N–H and O–H groups in total. The number of anilines is 1. The summed E-state index contributed by atoms with van der Waals surface area (Å²) in [5.74, 6) is 2.34. The molecule has 0 unspecified atom stereocenters. The second-order valence-corrected chi connectivity index (χ2v) is 7.64. The highest BCUT2D eigenvalue weighted by Crippen LogP contribution is 2.30. The maximum atomic E-state index is 12.4. The van der Waals surface area contributed by atoms with Crippen LogP contribution in [-0.4, -0.2) is 39.4 Å². The molecule has 1 fully saturated rings. The topological polar surface area (TPSA) is 40.6 Å². The highest BCUT2D eigenvalue weighted by atomic mass is 79.9. The summed E-state index contributed by atoms with van der Waals surface area (Å²) in [4.78, 5) is 2.50. The van der Waals surface area contributed by atoms with E-state index in [9.17, 15) is 8.42 Å². The lowest BCUT2D eigenvalue weighted by Crippen LogP contribution is -2.27. The van der Waals surface area contributed by atoms with E-state index in [1.54, 1.807) is 6.07 Å². The number of sulfonamides is 1. The molecule has 1 aromatic carbocycles. The lowest BCUT2D eigenvalue weighted by Gasteiger charge is -2.20. The Labute approximate surface area is 128 Å². The normalized spacial score (nSPS) is 15.6. The first-order chi connectivity index (χ1) is 9.46. The average Bonchev–Trinajstić information content (AvgIpc) is 2.92. The van der Waals surface area contributed by atoms with Crippen molar-refractivity contribution in [3.05, 3.63) is 22.7 Å². The molecule has 1 aliphatic rings. The monoisotopic (exact) mass is 356 g/mol. The Morgan fingerprint density at radius 3 is 2.60 bits per heavy atom. The molecular weight excluding hydrogens is 340 g/mol. The molecule has 1 aliphatic heterocycles. The maximum Gasteiger partial charge on any atom is 0.244 e. The van der Waals surface area contributed by atoms with Crippen LogP contribution in [0.25, 0.3) is 0 Å². The van der Waals surface area contributed by atoms with E-state index in [1.165, 1.54) is 24.2 Å². The number of terminal acetylenes is 1. The zero-order valence-corrected chi connectivity index (χ0v) is 13.7. The number of nitrogens with zero attached hydrogens (tertiary/aromatic N) is 2. The standard InChI is InChI=1S/C14H17BrN2O2S/c1-3-8-16(2)20(18,19)14-7-6-12(11-13(14)15)17-9-4-5-10-17/h1,6-7,11H,4-5,8-10H2,2H3. The average molecular weight is 357 g/mol. The molecule has 2 rings (SSSR count).